The summed E-state index contributed by atoms with van der Waals surface area (Å²) in [4.78, 5) is 25.7. The lowest BCUT2D eigenvalue weighted by atomic mass is 10.1. The molecule has 1 aromatic heterocycles. The molecule has 0 atom stereocenters. The number of aromatic nitrogens is 1. The highest BCUT2D eigenvalue weighted by molar-refractivity contribution is 7.93. The summed E-state index contributed by atoms with van der Waals surface area (Å²) in [6, 6.07) is 11.4. The van der Waals surface area contributed by atoms with Gasteiger partial charge < -0.3 is 4.74 Å². The maximum atomic E-state index is 13.7. The number of hydrogen-bond donors (Lipinski definition) is 0. The standard InChI is InChI=1S/C28H21F6N3O7S2/c1-2-36(45(40,41)21-13-9-19(10-14-21)27(29,30)31)24-15-35-26(23-6-4-3-5-22(23)24)37(16-44-17-38)46(42,43)20-11-7-18(8-12-20)25(39)28(32,33)34/h3-15,17H,2,16H2,1H3. The fourth-order valence-corrected chi connectivity index (χ4v) is 7.17. The molecular weight excluding hydrogens is 668 g/mol. The molecule has 0 saturated carbocycles. The van der Waals surface area contributed by atoms with Gasteiger partial charge in [0.05, 0.1) is 27.2 Å². The lowest BCUT2D eigenvalue weighted by molar-refractivity contribution is -0.137. The maximum absolute atomic E-state index is 13.7. The highest BCUT2D eigenvalue weighted by atomic mass is 32.2. The number of alkyl halides is 6. The Morgan fingerprint density at radius 3 is 1.83 bits per heavy atom. The summed E-state index contributed by atoms with van der Waals surface area (Å²) in [7, 11) is -9.23. The van der Waals surface area contributed by atoms with Crippen molar-refractivity contribution in [1.82, 2.24) is 4.98 Å². The van der Waals surface area contributed by atoms with Crippen LogP contribution < -0.4 is 8.61 Å². The van der Waals surface area contributed by atoms with Crippen LogP contribution in [0.4, 0.5) is 37.8 Å². The number of pyridine rings is 1. The topological polar surface area (TPSA) is 131 Å². The molecule has 0 bridgehead atoms. The third-order valence-corrected chi connectivity index (χ3v) is 10.2. The normalized spacial score (nSPS) is 12.5. The van der Waals surface area contributed by atoms with Gasteiger partial charge >= 0.3 is 12.4 Å². The lowest BCUT2D eigenvalue weighted by Crippen LogP contribution is -2.35. The molecule has 0 N–H and O–H groups in total. The number of anilines is 2. The Balaban J connectivity index is 1.83. The number of ether oxygens (including phenoxy) is 1. The predicted molar refractivity (Wildman–Crippen MR) is 152 cm³/mol. The van der Waals surface area contributed by atoms with Gasteiger partial charge in [-0.15, -0.1) is 0 Å². The minimum absolute atomic E-state index is 0.0167. The average molecular weight is 690 g/mol. The first-order chi connectivity index (χ1) is 21.4. The molecule has 4 aromatic rings. The average Bonchev–Trinajstić information content (AvgIpc) is 3.01. The van der Waals surface area contributed by atoms with E-state index >= 15 is 0 Å². The van der Waals surface area contributed by atoms with E-state index in [1.165, 1.54) is 31.2 Å². The van der Waals surface area contributed by atoms with Crippen LogP contribution in [-0.2, 0) is 35.8 Å². The van der Waals surface area contributed by atoms with Crippen LogP contribution in [0.3, 0.4) is 0 Å². The third-order valence-electron chi connectivity index (χ3n) is 6.54. The fraction of sp³-hybridized carbons (Fsp3) is 0.179. The van der Waals surface area contributed by atoms with Crippen LogP contribution in [-0.4, -0.2) is 53.5 Å². The highest BCUT2D eigenvalue weighted by Crippen LogP contribution is 2.37. The van der Waals surface area contributed by atoms with Gasteiger partial charge in [-0.3, -0.25) is 13.9 Å². The fourth-order valence-electron chi connectivity index (χ4n) is 4.38. The minimum Gasteiger partial charge on any atom is -0.445 e. The second-order valence-corrected chi connectivity index (χ2v) is 13.0. The molecule has 10 nitrogen and oxygen atoms in total. The molecule has 0 radical (unpaired) electrons. The van der Waals surface area contributed by atoms with Gasteiger partial charge in [-0.05, 0) is 55.5 Å². The predicted octanol–water partition coefficient (Wildman–Crippen LogP) is 5.54. The van der Waals surface area contributed by atoms with Crippen LogP contribution in [0.5, 0.6) is 0 Å². The summed E-state index contributed by atoms with van der Waals surface area (Å²) >= 11 is 0. The lowest BCUT2D eigenvalue weighted by Gasteiger charge is -2.27. The first-order valence-electron chi connectivity index (χ1n) is 12.8. The first-order valence-corrected chi connectivity index (χ1v) is 15.7. The van der Waals surface area contributed by atoms with Crippen molar-refractivity contribution in [3.63, 3.8) is 0 Å². The summed E-state index contributed by atoms with van der Waals surface area (Å²) in [6.07, 6.45) is -8.91. The second kappa shape index (κ2) is 12.6. The number of carbonyl (C=O) groups excluding carboxylic acids is 2. The van der Waals surface area contributed by atoms with E-state index < -0.39 is 65.8 Å². The molecule has 1 heterocycles. The molecule has 0 spiro atoms. The Kier molecular flexibility index (Phi) is 9.35. The van der Waals surface area contributed by atoms with E-state index in [4.69, 9.17) is 4.74 Å². The van der Waals surface area contributed by atoms with Gasteiger partial charge in [-0.1, -0.05) is 24.3 Å². The Labute approximate surface area is 257 Å². The van der Waals surface area contributed by atoms with Gasteiger partial charge in [0.2, 0.25) is 0 Å². The van der Waals surface area contributed by atoms with Gasteiger partial charge in [0.15, 0.2) is 12.5 Å². The molecule has 0 fully saturated rings. The van der Waals surface area contributed by atoms with Gasteiger partial charge in [-0.2, -0.15) is 26.3 Å². The largest absolute Gasteiger partial charge is 0.454 e. The van der Waals surface area contributed by atoms with Gasteiger partial charge in [0, 0.05) is 22.9 Å². The Bertz CT molecular complexity index is 1980. The zero-order valence-corrected chi connectivity index (χ0v) is 24.9. The molecule has 18 heteroatoms. The zero-order valence-electron chi connectivity index (χ0n) is 23.3. The number of ketones is 1. The molecule has 3 aromatic carbocycles. The number of carbonyl (C=O) groups is 2. The zero-order chi connectivity index (χ0) is 34.1. The molecule has 46 heavy (non-hydrogen) atoms. The molecule has 0 aliphatic carbocycles. The van der Waals surface area contributed by atoms with E-state index in [9.17, 15) is 52.8 Å². The number of hydrogen-bond acceptors (Lipinski definition) is 8. The van der Waals surface area contributed by atoms with E-state index in [2.05, 4.69) is 4.98 Å². The first kappa shape index (κ1) is 34.2. The molecule has 0 aliphatic rings. The molecule has 4 rings (SSSR count). The Morgan fingerprint density at radius 2 is 1.33 bits per heavy atom. The molecular formula is C28H21F6N3O7S2. The third kappa shape index (κ3) is 6.62. The van der Waals surface area contributed by atoms with Gasteiger partial charge in [-0.25, -0.2) is 26.1 Å². The molecule has 0 saturated heterocycles. The number of rotatable bonds is 11. The number of Topliss-reactive ketones (excluding diaryl/α,β-unsaturated/α-hetero) is 1. The molecule has 0 unspecified atom stereocenters. The Hall–Kier alpha value is -4.71. The summed E-state index contributed by atoms with van der Waals surface area (Å²) in [5.41, 5.74) is -1.97. The van der Waals surface area contributed by atoms with Crippen molar-refractivity contribution in [2.45, 2.75) is 29.1 Å². The molecule has 0 aliphatic heterocycles. The molecule has 244 valence electrons. The maximum Gasteiger partial charge on any atom is 0.454 e. The summed E-state index contributed by atoms with van der Waals surface area (Å²) in [6.45, 7) is 0.187. The molecule has 0 amide bonds. The van der Waals surface area contributed by atoms with Crippen molar-refractivity contribution in [2.24, 2.45) is 0 Å². The van der Waals surface area contributed by atoms with Crippen molar-refractivity contribution in [3.05, 3.63) is 90.1 Å². The number of halogens is 6. The summed E-state index contributed by atoms with van der Waals surface area (Å²) < 4.78 is 138. The Morgan fingerprint density at radius 1 is 0.804 bits per heavy atom. The minimum atomic E-state index is -5.21. The van der Waals surface area contributed by atoms with Crippen molar-refractivity contribution >= 4 is 54.6 Å². The van der Waals surface area contributed by atoms with Crippen LogP contribution >= 0.6 is 0 Å². The van der Waals surface area contributed by atoms with Crippen LogP contribution in [0.2, 0.25) is 0 Å². The van der Waals surface area contributed by atoms with Crippen LogP contribution in [0.15, 0.2) is 88.8 Å². The van der Waals surface area contributed by atoms with E-state index in [0.29, 0.717) is 28.6 Å². The van der Waals surface area contributed by atoms with E-state index in [1.54, 1.807) is 0 Å². The summed E-state index contributed by atoms with van der Waals surface area (Å²) in [5, 5.41) is 0.130. The van der Waals surface area contributed by atoms with E-state index in [1.807, 2.05) is 0 Å². The van der Waals surface area contributed by atoms with Crippen LogP contribution in [0.1, 0.15) is 22.8 Å². The van der Waals surface area contributed by atoms with Crippen LogP contribution in [0, 0.1) is 0 Å². The smallest absolute Gasteiger partial charge is 0.445 e. The monoisotopic (exact) mass is 689 g/mol. The van der Waals surface area contributed by atoms with Gasteiger partial charge in [0.1, 0.15) is 0 Å². The van der Waals surface area contributed by atoms with E-state index in [-0.39, 0.29) is 35.3 Å². The van der Waals surface area contributed by atoms with Crippen molar-refractivity contribution < 1.29 is 57.5 Å². The quantitative estimate of drug-likeness (QED) is 0.0869. The highest BCUT2D eigenvalue weighted by Gasteiger charge is 2.39. The number of benzene rings is 3. The van der Waals surface area contributed by atoms with Gasteiger partial charge in [0.25, 0.3) is 32.3 Å². The number of nitrogens with zero attached hydrogens (tertiary/aromatic N) is 3. The SMILES string of the molecule is CCN(c1cnc(N(COC=O)S(=O)(=O)c2ccc(C(=O)C(F)(F)F)cc2)c2ccccc12)S(=O)(=O)c1ccc(C(F)(F)F)cc1. The number of fused-ring (bicyclic) bond motifs is 1. The number of sulfonamides is 2. The second-order valence-electron chi connectivity index (χ2n) is 9.30. The van der Waals surface area contributed by atoms with Crippen molar-refractivity contribution in [3.8, 4) is 0 Å². The summed E-state index contributed by atoms with van der Waals surface area (Å²) in [5.74, 6) is -2.58. The van der Waals surface area contributed by atoms with Crippen molar-refractivity contribution in [1.29, 1.82) is 0 Å². The van der Waals surface area contributed by atoms with Crippen LogP contribution in [0.25, 0.3) is 10.8 Å². The van der Waals surface area contributed by atoms with Crippen molar-refractivity contribution in [2.75, 3.05) is 21.9 Å². The van der Waals surface area contributed by atoms with E-state index in [0.717, 1.165) is 34.8 Å².